The lowest BCUT2D eigenvalue weighted by molar-refractivity contribution is -0.131. The minimum atomic E-state index is -0.156. The van der Waals surface area contributed by atoms with Crippen molar-refractivity contribution in [2.45, 2.75) is 32.2 Å². The highest BCUT2D eigenvalue weighted by Crippen LogP contribution is 2.32. The molecule has 1 aromatic heterocycles. The van der Waals surface area contributed by atoms with Crippen molar-refractivity contribution >= 4 is 5.91 Å². The van der Waals surface area contributed by atoms with E-state index in [2.05, 4.69) is 10.1 Å². The van der Waals surface area contributed by atoms with E-state index in [1.54, 1.807) is 7.11 Å². The average molecular weight is 377 g/mol. The third-order valence-electron chi connectivity index (χ3n) is 5.09. The largest absolute Gasteiger partial charge is 0.497 e. The zero-order valence-electron chi connectivity index (χ0n) is 16.1. The Morgan fingerprint density at radius 1 is 1.25 bits per heavy atom. The first-order valence-electron chi connectivity index (χ1n) is 9.47. The number of rotatable bonds is 5. The summed E-state index contributed by atoms with van der Waals surface area (Å²) in [6, 6.07) is 15.4. The highest BCUT2D eigenvalue weighted by molar-refractivity contribution is 5.79. The number of amides is 1. The van der Waals surface area contributed by atoms with E-state index < -0.39 is 0 Å². The summed E-state index contributed by atoms with van der Waals surface area (Å²) in [6.07, 6.45) is 2.12. The number of benzene rings is 2. The molecule has 4 rings (SSSR count). The van der Waals surface area contributed by atoms with Crippen LogP contribution in [0.5, 0.6) is 5.75 Å². The molecule has 1 aliphatic heterocycles. The summed E-state index contributed by atoms with van der Waals surface area (Å²) < 4.78 is 10.7. The van der Waals surface area contributed by atoms with E-state index in [-0.39, 0.29) is 11.9 Å². The van der Waals surface area contributed by atoms with E-state index in [1.807, 2.05) is 60.4 Å². The van der Waals surface area contributed by atoms with Crippen LogP contribution in [0.3, 0.4) is 0 Å². The fourth-order valence-corrected chi connectivity index (χ4v) is 3.61. The average Bonchev–Trinajstić information content (AvgIpc) is 3.38. The van der Waals surface area contributed by atoms with Crippen LogP contribution in [-0.2, 0) is 11.2 Å². The number of methoxy groups -OCH3 is 1. The number of hydrogen-bond donors (Lipinski definition) is 0. The van der Waals surface area contributed by atoms with Crippen molar-refractivity contribution in [3.05, 3.63) is 65.5 Å². The van der Waals surface area contributed by atoms with Crippen LogP contribution >= 0.6 is 0 Å². The molecule has 0 spiro atoms. The van der Waals surface area contributed by atoms with E-state index in [9.17, 15) is 4.79 Å². The van der Waals surface area contributed by atoms with Crippen molar-refractivity contribution < 1.29 is 14.1 Å². The van der Waals surface area contributed by atoms with Crippen molar-refractivity contribution in [1.82, 2.24) is 15.0 Å². The van der Waals surface area contributed by atoms with Crippen LogP contribution in [0, 0.1) is 6.92 Å². The number of carbonyl (C=O) groups is 1. The first kappa shape index (κ1) is 18.2. The van der Waals surface area contributed by atoms with Crippen LogP contribution in [0.1, 0.15) is 35.9 Å². The van der Waals surface area contributed by atoms with Crippen molar-refractivity contribution in [2.24, 2.45) is 0 Å². The molecule has 1 aliphatic rings. The number of carbonyl (C=O) groups excluding carboxylic acids is 1. The molecule has 144 valence electrons. The second-order valence-electron chi connectivity index (χ2n) is 7.10. The fourth-order valence-electron chi connectivity index (χ4n) is 3.61. The Morgan fingerprint density at radius 3 is 2.82 bits per heavy atom. The van der Waals surface area contributed by atoms with Crippen molar-refractivity contribution in [3.63, 3.8) is 0 Å². The summed E-state index contributed by atoms with van der Waals surface area (Å²) in [5, 5.41) is 4.13. The van der Waals surface area contributed by atoms with Gasteiger partial charge in [0, 0.05) is 12.1 Å². The van der Waals surface area contributed by atoms with Gasteiger partial charge < -0.3 is 14.2 Å². The van der Waals surface area contributed by atoms with Gasteiger partial charge in [0.2, 0.25) is 17.6 Å². The lowest BCUT2D eigenvalue weighted by Gasteiger charge is -2.22. The standard InChI is InChI=1S/C22H23N3O3/c1-15-5-3-6-17(13-15)21-23-22(28-24-21)19-7-4-12-25(19)20(26)14-16-8-10-18(27-2)11-9-16/h3,5-6,8-11,13,19H,4,7,12,14H2,1-2H3. The maximum atomic E-state index is 12.9. The first-order chi connectivity index (χ1) is 13.6. The molecule has 28 heavy (non-hydrogen) atoms. The molecule has 0 aliphatic carbocycles. The van der Waals surface area contributed by atoms with Gasteiger partial charge in [0.1, 0.15) is 11.8 Å². The fraction of sp³-hybridized carbons (Fsp3) is 0.318. The second kappa shape index (κ2) is 7.84. The molecule has 1 fully saturated rings. The summed E-state index contributed by atoms with van der Waals surface area (Å²) in [5.74, 6) is 1.93. The van der Waals surface area contributed by atoms with E-state index >= 15 is 0 Å². The van der Waals surface area contributed by atoms with Gasteiger partial charge >= 0.3 is 0 Å². The third-order valence-corrected chi connectivity index (χ3v) is 5.09. The molecule has 0 bridgehead atoms. The molecule has 1 saturated heterocycles. The van der Waals surface area contributed by atoms with E-state index in [0.717, 1.165) is 35.3 Å². The Kier molecular flexibility index (Phi) is 5.10. The topological polar surface area (TPSA) is 68.5 Å². The maximum Gasteiger partial charge on any atom is 0.249 e. The number of nitrogens with zero attached hydrogens (tertiary/aromatic N) is 3. The molecule has 1 atom stereocenters. The van der Waals surface area contributed by atoms with Gasteiger partial charge in [-0.25, -0.2) is 0 Å². The highest BCUT2D eigenvalue weighted by atomic mass is 16.5. The molecule has 6 nitrogen and oxygen atoms in total. The monoisotopic (exact) mass is 377 g/mol. The molecular weight excluding hydrogens is 354 g/mol. The molecule has 1 unspecified atom stereocenters. The summed E-state index contributed by atoms with van der Waals surface area (Å²) in [6.45, 7) is 2.74. The van der Waals surface area contributed by atoms with Gasteiger partial charge in [0.15, 0.2) is 0 Å². The SMILES string of the molecule is COc1ccc(CC(=O)N2CCCC2c2nc(-c3cccc(C)c3)no2)cc1. The smallest absolute Gasteiger partial charge is 0.249 e. The molecule has 0 N–H and O–H groups in total. The molecule has 3 aromatic rings. The number of aromatic nitrogens is 2. The Hall–Kier alpha value is -3.15. The van der Waals surface area contributed by atoms with Gasteiger partial charge in [-0.3, -0.25) is 4.79 Å². The number of aryl methyl sites for hydroxylation is 1. The van der Waals surface area contributed by atoms with Gasteiger partial charge in [-0.15, -0.1) is 0 Å². The molecule has 1 amide bonds. The summed E-state index contributed by atoms with van der Waals surface area (Å²) >= 11 is 0. The minimum Gasteiger partial charge on any atom is -0.497 e. The number of hydrogen-bond acceptors (Lipinski definition) is 5. The second-order valence-corrected chi connectivity index (χ2v) is 7.10. The lowest BCUT2D eigenvalue weighted by Crippen LogP contribution is -2.32. The summed E-state index contributed by atoms with van der Waals surface area (Å²) in [5.41, 5.74) is 3.02. The van der Waals surface area contributed by atoms with Gasteiger partial charge in [-0.1, -0.05) is 41.1 Å². The van der Waals surface area contributed by atoms with Crippen LogP contribution in [0.4, 0.5) is 0 Å². The Morgan fingerprint density at radius 2 is 2.07 bits per heavy atom. The zero-order chi connectivity index (χ0) is 19.5. The molecule has 0 radical (unpaired) electrons. The van der Waals surface area contributed by atoms with Gasteiger partial charge in [-0.05, 0) is 43.5 Å². The summed E-state index contributed by atoms with van der Waals surface area (Å²) in [7, 11) is 1.63. The number of likely N-dealkylation sites (tertiary alicyclic amines) is 1. The van der Waals surface area contributed by atoms with Gasteiger partial charge in [0.05, 0.1) is 13.5 Å². The zero-order valence-corrected chi connectivity index (χ0v) is 16.1. The van der Waals surface area contributed by atoms with Gasteiger partial charge in [0.25, 0.3) is 0 Å². The minimum absolute atomic E-state index is 0.0722. The Labute approximate surface area is 164 Å². The number of ether oxygens (including phenoxy) is 1. The predicted molar refractivity (Wildman–Crippen MR) is 105 cm³/mol. The van der Waals surface area contributed by atoms with E-state index in [0.29, 0.717) is 24.7 Å². The van der Waals surface area contributed by atoms with Crippen molar-refractivity contribution in [1.29, 1.82) is 0 Å². The van der Waals surface area contributed by atoms with Crippen molar-refractivity contribution in [2.75, 3.05) is 13.7 Å². The molecular formula is C22H23N3O3. The van der Waals surface area contributed by atoms with Crippen LogP contribution < -0.4 is 4.74 Å². The van der Waals surface area contributed by atoms with Crippen molar-refractivity contribution in [3.8, 4) is 17.1 Å². The normalized spacial score (nSPS) is 16.4. The third kappa shape index (κ3) is 3.76. The first-order valence-corrected chi connectivity index (χ1v) is 9.47. The van der Waals surface area contributed by atoms with E-state index in [1.165, 1.54) is 0 Å². The summed E-state index contributed by atoms with van der Waals surface area (Å²) in [4.78, 5) is 19.3. The predicted octanol–water partition coefficient (Wildman–Crippen LogP) is 3.96. The Bertz CT molecular complexity index is 965. The lowest BCUT2D eigenvalue weighted by atomic mass is 10.1. The quantitative estimate of drug-likeness (QED) is 0.673. The van der Waals surface area contributed by atoms with E-state index in [4.69, 9.17) is 9.26 Å². The van der Waals surface area contributed by atoms with Gasteiger partial charge in [-0.2, -0.15) is 4.98 Å². The van der Waals surface area contributed by atoms with Crippen LogP contribution in [0.25, 0.3) is 11.4 Å². The molecule has 6 heteroatoms. The van der Waals surface area contributed by atoms with Crippen LogP contribution in [0.2, 0.25) is 0 Å². The maximum absolute atomic E-state index is 12.9. The Balaban J connectivity index is 1.49. The molecule has 2 heterocycles. The van der Waals surface area contributed by atoms with Crippen LogP contribution in [-0.4, -0.2) is 34.6 Å². The highest BCUT2D eigenvalue weighted by Gasteiger charge is 2.34. The van der Waals surface area contributed by atoms with Crippen LogP contribution in [0.15, 0.2) is 53.1 Å². The molecule has 2 aromatic carbocycles. The molecule has 0 saturated carbocycles.